The number of halogens is 1. The van der Waals surface area contributed by atoms with Crippen LogP contribution >= 0.6 is 23.8 Å². The molecule has 98 valence electrons. The summed E-state index contributed by atoms with van der Waals surface area (Å²) < 4.78 is 0. The zero-order valence-corrected chi connectivity index (χ0v) is 12.0. The SMILES string of the molecule is NC(=S)c1ccc(Cl)cc1NCCC1CCCC1. The summed E-state index contributed by atoms with van der Waals surface area (Å²) in [6.07, 6.45) is 6.74. The molecule has 0 radical (unpaired) electrons. The zero-order valence-electron chi connectivity index (χ0n) is 10.4. The van der Waals surface area contributed by atoms with E-state index in [1.807, 2.05) is 18.2 Å². The van der Waals surface area contributed by atoms with E-state index in [4.69, 9.17) is 29.6 Å². The molecule has 0 bridgehead atoms. The van der Waals surface area contributed by atoms with Crippen molar-refractivity contribution in [3.8, 4) is 0 Å². The molecule has 0 aliphatic heterocycles. The van der Waals surface area contributed by atoms with Crippen molar-refractivity contribution in [1.29, 1.82) is 0 Å². The van der Waals surface area contributed by atoms with E-state index in [-0.39, 0.29) is 0 Å². The van der Waals surface area contributed by atoms with Crippen LogP contribution in [0.15, 0.2) is 18.2 Å². The highest BCUT2D eigenvalue weighted by molar-refractivity contribution is 7.80. The van der Waals surface area contributed by atoms with Gasteiger partial charge in [-0.25, -0.2) is 0 Å². The van der Waals surface area contributed by atoms with E-state index in [1.165, 1.54) is 32.1 Å². The first-order chi connectivity index (χ1) is 8.66. The van der Waals surface area contributed by atoms with E-state index in [0.717, 1.165) is 23.7 Å². The molecule has 18 heavy (non-hydrogen) atoms. The van der Waals surface area contributed by atoms with Crippen LogP contribution in [-0.2, 0) is 0 Å². The van der Waals surface area contributed by atoms with Gasteiger partial charge in [0.15, 0.2) is 0 Å². The molecule has 0 aromatic heterocycles. The quantitative estimate of drug-likeness (QED) is 0.803. The maximum atomic E-state index is 6.00. The van der Waals surface area contributed by atoms with Crippen LogP contribution < -0.4 is 11.1 Å². The van der Waals surface area contributed by atoms with Gasteiger partial charge in [-0.15, -0.1) is 0 Å². The number of nitrogens with one attached hydrogen (secondary N) is 1. The Balaban J connectivity index is 1.94. The third kappa shape index (κ3) is 3.59. The third-order valence-corrected chi connectivity index (χ3v) is 4.04. The van der Waals surface area contributed by atoms with Crippen LogP contribution in [0.1, 0.15) is 37.7 Å². The Morgan fingerprint density at radius 3 is 2.78 bits per heavy atom. The zero-order chi connectivity index (χ0) is 13.0. The van der Waals surface area contributed by atoms with Crippen LogP contribution in [0.25, 0.3) is 0 Å². The van der Waals surface area contributed by atoms with E-state index in [0.29, 0.717) is 10.0 Å². The Labute approximate surface area is 119 Å². The second-order valence-electron chi connectivity index (χ2n) is 4.92. The summed E-state index contributed by atoms with van der Waals surface area (Å²) in [4.78, 5) is 0.412. The Kier molecular flexibility index (Phi) is 4.84. The molecule has 1 aromatic carbocycles. The van der Waals surface area contributed by atoms with Gasteiger partial charge in [-0.1, -0.05) is 49.5 Å². The lowest BCUT2D eigenvalue weighted by Crippen LogP contribution is -2.14. The summed E-state index contributed by atoms with van der Waals surface area (Å²) in [7, 11) is 0. The lowest BCUT2D eigenvalue weighted by atomic mass is 10.0. The van der Waals surface area contributed by atoms with E-state index >= 15 is 0 Å². The Morgan fingerprint density at radius 1 is 1.39 bits per heavy atom. The predicted molar refractivity (Wildman–Crippen MR) is 82.4 cm³/mol. The van der Waals surface area contributed by atoms with Gasteiger partial charge < -0.3 is 11.1 Å². The molecule has 0 unspecified atom stereocenters. The number of nitrogens with two attached hydrogens (primary N) is 1. The maximum absolute atomic E-state index is 6.00. The number of anilines is 1. The molecular formula is C14H19ClN2S. The molecule has 1 aromatic rings. The molecule has 2 nitrogen and oxygen atoms in total. The lowest BCUT2D eigenvalue weighted by molar-refractivity contribution is 0.518. The molecule has 3 N–H and O–H groups in total. The fourth-order valence-electron chi connectivity index (χ4n) is 2.59. The first kappa shape index (κ1) is 13.6. The fraction of sp³-hybridized carbons (Fsp3) is 0.500. The standard InChI is InChI=1S/C14H19ClN2S/c15-11-5-6-12(14(16)18)13(9-11)17-8-7-10-3-1-2-4-10/h5-6,9-10,17H,1-4,7-8H2,(H2,16,18). The normalized spacial score (nSPS) is 15.8. The summed E-state index contributed by atoms with van der Waals surface area (Å²) in [6.45, 7) is 0.959. The van der Waals surface area contributed by atoms with Gasteiger partial charge in [-0.05, 0) is 30.5 Å². The van der Waals surface area contributed by atoms with Gasteiger partial charge in [0.2, 0.25) is 0 Å². The van der Waals surface area contributed by atoms with Crippen molar-refractivity contribution >= 4 is 34.5 Å². The molecule has 0 amide bonds. The average Bonchev–Trinajstić information content (AvgIpc) is 2.82. The van der Waals surface area contributed by atoms with Crippen molar-refractivity contribution in [3.63, 3.8) is 0 Å². The van der Waals surface area contributed by atoms with E-state index in [1.54, 1.807) is 0 Å². The van der Waals surface area contributed by atoms with E-state index < -0.39 is 0 Å². The van der Waals surface area contributed by atoms with Gasteiger partial charge in [0, 0.05) is 22.8 Å². The van der Waals surface area contributed by atoms with Gasteiger partial charge in [0.25, 0.3) is 0 Å². The summed E-state index contributed by atoms with van der Waals surface area (Å²) >= 11 is 11.0. The minimum Gasteiger partial charge on any atom is -0.389 e. The largest absolute Gasteiger partial charge is 0.389 e. The summed E-state index contributed by atoms with van der Waals surface area (Å²) in [5.41, 5.74) is 7.53. The molecule has 1 aliphatic carbocycles. The van der Waals surface area contributed by atoms with Crippen LogP contribution in [0.3, 0.4) is 0 Å². The number of benzene rings is 1. The number of hydrogen-bond donors (Lipinski definition) is 2. The highest BCUT2D eigenvalue weighted by Crippen LogP contribution is 2.28. The van der Waals surface area contributed by atoms with Crippen molar-refractivity contribution in [1.82, 2.24) is 0 Å². The van der Waals surface area contributed by atoms with Gasteiger partial charge in [-0.2, -0.15) is 0 Å². The number of rotatable bonds is 5. The maximum Gasteiger partial charge on any atom is 0.106 e. The Morgan fingerprint density at radius 2 is 2.11 bits per heavy atom. The summed E-state index contributed by atoms with van der Waals surface area (Å²) in [5, 5.41) is 4.12. The minimum atomic E-state index is 0.412. The Bertz CT molecular complexity index is 428. The van der Waals surface area contributed by atoms with Crippen molar-refractivity contribution in [2.24, 2.45) is 11.7 Å². The molecule has 1 aliphatic rings. The van der Waals surface area contributed by atoms with Crippen molar-refractivity contribution in [3.05, 3.63) is 28.8 Å². The fourth-order valence-corrected chi connectivity index (χ4v) is 2.94. The smallest absolute Gasteiger partial charge is 0.106 e. The van der Waals surface area contributed by atoms with E-state index in [9.17, 15) is 0 Å². The minimum absolute atomic E-state index is 0.412. The average molecular weight is 283 g/mol. The molecule has 2 rings (SSSR count). The van der Waals surface area contributed by atoms with Crippen LogP contribution in [0, 0.1) is 5.92 Å². The molecule has 1 saturated carbocycles. The number of hydrogen-bond acceptors (Lipinski definition) is 2. The van der Waals surface area contributed by atoms with Crippen molar-refractivity contribution in [2.45, 2.75) is 32.1 Å². The molecule has 0 heterocycles. The van der Waals surface area contributed by atoms with Crippen LogP contribution in [0.2, 0.25) is 5.02 Å². The summed E-state index contributed by atoms with van der Waals surface area (Å²) in [6, 6.07) is 5.59. The number of thiocarbonyl (C=S) groups is 1. The molecule has 1 fully saturated rings. The van der Waals surface area contributed by atoms with Gasteiger partial charge in [-0.3, -0.25) is 0 Å². The van der Waals surface area contributed by atoms with Crippen molar-refractivity contribution < 1.29 is 0 Å². The molecule has 0 atom stereocenters. The second kappa shape index (κ2) is 6.39. The molecular weight excluding hydrogens is 264 g/mol. The molecule has 0 spiro atoms. The molecule has 0 saturated heterocycles. The van der Waals surface area contributed by atoms with Gasteiger partial charge >= 0.3 is 0 Å². The highest BCUT2D eigenvalue weighted by Gasteiger charge is 2.14. The van der Waals surface area contributed by atoms with Crippen molar-refractivity contribution in [2.75, 3.05) is 11.9 Å². The van der Waals surface area contributed by atoms with Crippen LogP contribution in [0.4, 0.5) is 5.69 Å². The topological polar surface area (TPSA) is 38.0 Å². The summed E-state index contributed by atoms with van der Waals surface area (Å²) in [5.74, 6) is 0.880. The monoisotopic (exact) mass is 282 g/mol. The van der Waals surface area contributed by atoms with E-state index in [2.05, 4.69) is 5.32 Å². The first-order valence-corrected chi connectivity index (χ1v) is 7.28. The second-order valence-corrected chi connectivity index (χ2v) is 5.80. The first-order valence-electron chi connectivity index (χ1n) is 6.50. The highest BCUT2D eigenvalue weighted by atomic mass is 35.5. The lowest BCUT2D eigenvalue weighted by Gasteiger charge is -2.14. The predicted octanol–water partition coefficient (Wildman–Crippen LogP) is 3.97. The van der Waals surface area contributed by atoms with Gasteiger partial charge in [0.05, 0.1) is 0 Å². The third-order valence-electron chi connectivity index (χ3n) is 3.59. The Hall–Kier alpha value is -0.800. The van der Waals surface area contributed by atoms with Gasteiger partial charge in [0.1, 0.15) is 4.99 Å². The van der Waals surface area contributed by atoms with Crippen LogP contribution in [-0.4, -0.2) is 11.5 Å². The van der Waals surface area contributed by atoms with Crippen LogP contribution in [0.5, 0.6) is 0 Å². The molecule has 4 heteroatoms.